The van der Waals surface area contributed by atoms with Crippen LogP contribution >= 0.6 is 0 Å². The Hall–Kier alpha value is -1.06. The lowest BCUT2D eigenvalue weighted by Crippen LogP contribution is -2.31. The standard InChI is InChI=1S/C19H30N2O/c1-22-19-8-7-16(12-17-6-5-9-20-14-17)13-18(19)15-21-10-3-2-4-11-21/h7-8,13,17,20H,2-6,9-12,14-15H2,1H3. The fourth-order valence-electron chi connectivity index (χ4n) is 3.87. The van der Waals surface area contributed by atoms with E-state index in [0.29, 0.717) is 0 Å². The van der Waals surface area contributed by atoms with Gasteiger partial charge >= 0.3 is 0 Å². The lowest BCUT2D eigenvalue weighted by molar-refractivity contribution is 0.218. The van der Waals surface area contributed by atoms with Gasteiger partial charge in [0.25, 0.3) is 0 Å². The Morgan fingerprint density at radius 2 is 2.05 bits per heavy atom. The highest BCUT2D eigenvalue weighted by Crippen LogP contribution is 2.25. The Bertz CT molecular complexity index is 463. The fourth-order valence-corrected chi connectivity index (χ4v) is 3.87. The zero-order valence-electron chi connectivity index (χ0n) is 13.9. The number of nitrogens with zero attached hydrogens (tertiary/aromatic N) is 1. The van der Waals surface area contributed by atoms with Crippen LogP contribution in [0.25, 0.3) is 0 Å². The Kier molecular flexibility index (Phi) is 5.74. The largest absolute Gasteiger partial charge is 0.496 e. The Morgan fingerprint density at radius 3 is 2.77 bits per heavy atom. The fraction of sp³-hybridized carbons (Fsp3) is 0.684. The van der Waals surface area contributed by atoms with Gasteiger partial charge in [0.05, 0.1) is 7.11 Å². The Balaban J connectivity index is 1.67. The summed E-state index contributed by atoms with van der Waals surface area (Å²) in [6.07, 6.45) is 7.96. The van der Waals surface area contributed by atoms with E-state index in [-0.39, 0.29) is 0 Å². The molecule has 1 atom stereocenters. The molecule has 122 valence electrons. The molecular weight excluding hydrogens is 272 g/mol. The Morgan fingerprint density at radius 1 is 1.18 bits per heavy atom. The second kappa shape index (κ2) is 7.98. The zero-order valence-corrected chi connectivity index (χ0v) is 13.9. The van der Waals surface area contributed by atoms with Gasteiger partial charge in [0, 0.05) is 12.1 Å². The molecule has 2 aliphatic heterocycles. The van der Waals surface area contributed by atoms with Crippen molar-refractivity contribution in [1.82, 2.24) is 10.2 Å². The molecule has 0 saturated carbocycles. The number of piperidine rings is 2. The summed E-state index contributed by atoms with van der Waals surface area (Å²) in [4.78, 5) is 2.58. The molecule has 3 rings (SSSR count). The first-order valence-corrected chi connectivity index (χ1v) is 8.94. The van der Waals surface area contributed by atoms with Crippen LogP contribution in [-0.4, -0.2) is 38.2 Å². The summed E-state index contributed by atoms with van der Waals surface area (Å²) < 4.78 is 5.59. The maximum absolute atomic E-state index is 5.59. The highest BCUT2D eigenvalue weighted by atomic mass is 16.5. The predicted octanol–water partition coefficient (Wildman–Crippen LogP) is 3.22. The van der Waals surface area contributed by atoms with Crippen molar-refractivity contribution >= 4 is 0 Å². The number of rotatable bonds is 5. The van der Waals surface area contributed by atoms with E-state index in [2.05, 4.69) is 28.4 Å². The van der Waals surface area contributed by atoms with Crippen molar-refractivity contribution in [3.8, 4) is 5.75 Å². The van der Waals surface area contributed by atoms with Crippen molar-refractivity contribution in [1.29, 1.82) is 0 Å². The van der Waals surface area contributed by atoms with Crippen LogP contribution in [0.2, 0.25) is 0 Å². The quantitative estimate of drug-likeness (QED) is 0.904. The van der Waals surface area contributed by atoms with Crippen LogP contribution in [0.5, 0.6) is 5.75 Å². The van der Waals surface area contributed by atoms with Crippen LogP contribution in [0, 0.1) is 5.92 Å². The molecule has 2 saturated heterocycles. The Labute approximate surface area is 135 Å². The second-order valence-corrected chi connectivity index (χ2v) is 6.90. The van der Waals surface area contributed by atoms with Crippen LogP contribution in [0.15, 0.2) is 18.2 Å². The monoisotopic (exact) mass is 302 g/mol. The van der Waals surface area contributed by atoms with Crippen LogP contribution in [0.1, 0.15) is 43.2 Å². The van der Waals surface area contributed by atoms with Crippen molar-refractivity contribution in [3.05, 3.63) is 29.3 Å². The van der Waals surface area contributed by atoms with Gasteiger partial charge < -0.3 is 10.1 Å². The minimum atomic E-state index is 0.796. The third-order valence-electron chi connectivity index (χ3n) is 5.11. The number of benzene rings is 1. The summed E-state index contributed by atoms with van der Waals surface area (Å²) in [5.41, 5.74) is 2.84. The average molecular weight is 302 g/mol. The third-order valence-corrected chi connectivity index (χ3v) is 5.11. The predicted molar refractivity (Wildman–Crippen MR) is 91.4 cm³/mol. The van der Waals surface area contributed by atoms with Gasteiger partial charge in [-0.2, -0.15) is 0 Å². The normalized spacial score (nSPS) is 23.4. The van der Waals surface area contributed by atoms with E-state index < -0.39 is 0 Å². The summed E-state index contributed by atoms with van der Waals surface area (Å²) in [7, 11) is 1.79. The summed E-state index contributed by atoms with van der Waals surface area (Å²) in [6.45, 7) is 5.88. The summed E-state index contributed by atoms with van der Waals surface area (Å²) in [6, 6.07) is 6.82. The molecule has 1 unspecified atom stereocenters. The SMILES string of the molecule is COc1ccc(CC2CCCNC2)cc1CN1CCCCC1. The van der Waals surface area contributed by atoms with E-state index in [1.807, 2.05) is 0 Å². The van der Waals surface area contributed by atoms with Crippen molar-refractivity contribution in [3.63, 3.8) is 0 Å². The highest BCUT2D eigenvalue weighted by molar-refractivity contribution is 5.37. The molecule has 2 aliphatic rings. The molecule has 0 aliphatic carbocycles. The summed E-state index contributed by atoms with van der Waals surface area (Å²) in [5, 5.41) is 3.53. The van der Waals surface area contributed by atoms with Crippen LogP contribution < -0.4 is 10.1 Å². The minimum absolute atomic E-state index is 0.796. The van der Waals surface area contributed by atoms with Crippen molar-refractivity contribution in [2.75, 3.05) is 33.3 Å². The van der Waals surface area contributed by atoms with Gasteiger partial charge in [-0.05, 0) is 75.8 Å². The van der Waals surface area contributed by atoms with E-state index in [1.54, 1.807) is 7.11 Å². The maximum Gasteiger partial charge on any atom is 0.123 e. The first kappa shape index (κ1) is 15.8. The van der Waals surface area contributed by atoms with E-state index in [4.69, 9.17) is 4.74 Å². The topological polar surface area (TPSA) is 24.5 Å². The van der Waals surface area contributed by atoms with Gasteiger partial charge in [0.2, 0.25) is 0 Å². The maximum atomic E-state index is 5.59. The van der Waals surface area contributed by atoms with Gasteiger partial charge in [-0.1, -0.05) is 18.6 Å². The van der Waals surface area contributed by atoms with Crippen molar-refractivity contribution in [2.45, 2.75) is 45.1 Å². The number of ether oxygens (including phenoxy) is 1. The van der Waals surface area contributed by atoms with Gasteiger partial charge in [-0.15, -0.1) is 0 Å². The smallest absolute Gasteiger partial charge is 0.123 e. The lowest BCUT2D eigenvalue weighted by Gasteiger charge is -2.27. The summed E-state index contributed by atoms with van der Waals surface area (Å²) >= 11 is 0. The first-order chi connectivity index (χ1) is 10.8. The molecule has 0 amide bonds. The van der Waals surface area contributed by atoms with E-state index in [1.165, 1.54) is 75.8 Å². The zero-order chi connectivity index (χ0) is 15.2. The molecular formula is C19H30N2O. The molecule has 3 heteroatoms. The number of hydrogen-bond donors (Lipinski definition) is 1. The summed E-state index contributed by atoms with van der Waals surface area (Å²) in [5.74, 6) is 1.85. The van der Waals surface area contributed by atoms with Crippen LogP contribution in [0.3, 0.4) is 0 Å². The average Bonchev–Trinajstić information content (AvgIpc) is 2.57. The van der Waals surface area contributed by atoms with Crippen LogP contribution in [0.4, 0.5) is 0 Å². The molecule has 22 heavy (non-hydrogen) atoms. The van der Waals surface area contributed by atoms with Crippen LogP contribution in [-0.2, 0) is 13.0 Å². The molecule has 1 N–H and O–H groups in total. The van der Waals surface area contributed by atoms with Gasteiger partial charge in [-0.25, -0.2) is 0 Å². The van der Waals surface area contributed by atoms with Gasteiger partial charge in [-0.3, -0.25) is 4.90 Å². The highest BCUT2D eigenvalue weighted by Gasteiger charge is 2.16. The third kappa shape index (κ3) is 4.23. The van der Waals surface area contributed by atoms with Gasteiger partial charge in [0.15, 0.2) is 0 Å². The molecule has 3 nitrogen and oxygen atoms in total. The van der Waals surface area contributed by atoms with E-state index in [9.17, 15) is 0 Å². The number of methoxy groups -OCH3 is 1. The van der Waals surface area contributed by atoms with E-state index in [0.717, 1.165) is 18.2 Å². The van der Waals surface area contributed by atoms with Crippen molar-refractivity contribution in [2.24, 2.45) is 5.92 Å². The number of nitrogens with one attached hydrogen (secondary N) is 1. The minimum Gasteiger partial charge on any atom is -0.496 e. The molecule has 0 bridgehead atoms. The lowest BCUT2D eigenvalue weighted by atomic mass is 9.91. The molecule has 1 aromatic carbocycles. The van der Waals surface area contributed by atoms with E-state index >= 15 is 0 Å². The molecule has 1 aromatic rings. The van der Waals surface area contributed by atoms with Gasteiger partial charge in [0.1, 0.15) is 5.75 Å². The molecule has 0 radical (unpaired) electrons. The molecule has 0 spiro atoms. The second-order valence-electron chi connectivity index (χ2n) is 6.90. The number of likely N-dealkylation sites (tertiary alicyclic amines) is 1. The molecule has 2 heterocycles. The first-order valence-electron chi connectivity index (χ1n) is 8.94. The molecule has 2 fully saturated rings. The molecule has 0 aromatic heterocycles. The van der Waals surface area contributed by atoms with Crippen molar-refractivity contribution < 1.29 is 4.74 Å². The number of hydrogen-bond acceptors (Lipinski definition) is 3.